The molecule has 1 atom stereocenters. The Balaban J connectivity index is 0.000000659. The summed E-state index contributed by atoms with van der Waals surface area (Å²) < 4.78 is 1.73. The van der Waals surface area contributed by atoms with Crippen LogP contribution in [0.1, 0.15) is 23.5 Å². The average molecular weight is 371 g/mol. The highest BCUT2D eigenvalue weighted by Gasteiger charge is 2.29. The molecule has 2 N–H and O–H groups in total. The standard InChI is InChI=1S/C18H23N5O.CH2O2/c1-21-7-9-23(10-8-21)14-5-3-13(4-6-14)15-11-17(24)20-18-16(15)12-19-22(18)2;2-1-3/h3-6,12,15H,7-11H2,1-2H3,(H,20,24);1H,(H,2,3). The molecule has 8 nitrogen and oxygen atoms in total. The van der Waals surface area contributed by atoms with E-state index >= 15 is 0 Å². The molecule has 0 spiro atoms. The highest BCUT2D eigenvalue weighted by Crippen LogP contribution is 2.37. The number of hydrogen-bond donors (Lipinski definition) is 2. The Bertz CT molecular complexity index is 794. The van der Waals surface area contributed by atoms with Crippen molar-refractivity contribution in [3.63, 3.8) is 0 Å². The quantitative estimate of drug-likeness (QED) is 0.775. The molecular formula is C19H25N5O3. The molecule has 2 aliphatic rings. The van der Waals surface area contributed by atoms with Crippen molar-refractivity contribution in [3.8, 4) is 0 Å². The van der Waals surface area contributed by atoms with E-state index in [2.05, 4.69) is 51.5 Å². The summed E-state index contributed by atoms with van der Waals surface area (Å²) in [5, 5.41) is 14.1. The van der Waals surface area contributed by atoms with Gasteiger partial charge < -0.3 is 20.2 Å². The molecule has 0 bridgehead atoms. The first-order chi connectivity index (χ1) is 13.0. The molecule has 1 aromatic heterocycles. The highest BCUT2D eigenvalue weighted by atomic mass is 16.3. The Kier molecular flexibility index (Phi) is 5.75. The number of aryl methyl sites for hydroxylation is 1. The lowest BCUT2D eigenvalue weighted by atomic mass is 9.87. The summed E-state index contributed by atoms with van der Waals surface area (Å²) in [4.78, 5) is 25.2. The summed E-state index contributed by atoms with van der Waals surface area (Å²) >= 11 is 0. The molecule has 1 fully saturated rings. The molecule has 2 aromatic rings. The van der Waals surface area contributed by atoms with Crippen LogP contribution in [0, 0.1) is 0 Å². The van der Waals surface area contributed by atoms with Gasteiger partial charge in [-0.3, -0.25) is 14.3 Å². The zero-order chi connectivity index (χ0) is 19.4. The number of carboxylic acid groups (broad SMARTS) is 1. The van der Waals surface area contributed by atoms with E-state index < -0.39 is 0 Å². The number of nitrogens with zero attached hydrogens (tertiary/aromatic N) is 4. The van der Waals surface area contributed by atoms with Crippen molar-refractivity contribution < 1.29 is 14.7 Å². The van der Waals surface area contributed by atoms with Crippen molar-refractivity contribution in [2.45, 2.75) is 12.3 Å². The van der Waals surface area contributed by atoms with Crippen LogP contribution < -0.4 is 10.2 Å². The predicted octanol–water partition coefficient (Wildman–Crippen LogP) is 1.35. The molecule has 0 radical (unpaired) electrons. The van der Waals surface area contributed by atoms with Crippen molar-refractivity contribution in [2.24, 2.45) is 7.05 Å². The van der Waals surface area contributed by atoms with Crippen LogP contribution >= 0.6 is 0 Å². The Morgan fingerprint density at radius 3 is 2.41 bits per heavy atom. The number of amides is 1. The fraction of sp³-hybridized carbons (Fsp3) is 0.421. The molecule has 0 saturated carbocycles. The zero-order valence-corrected chi connectivity index (χ0v) is 15.6. The van der Waals surface area contributed by atoms with E-state index in [1.54, 1.807) is 4.68 Å². The van der Waals surface area contributed by atoms with E-state index in [1.165, 1.54) is 11.3 Å². The number of piperazine rings is 1. The van der Waals surface area contributed by atoms with Crippen LogP contribution in [0.3, 0.4) is 0 Å². The van der Waals surface area contributed by atoms with Crippen LogP contribution in [-0.4, -0.2) is 65.4 Å². The normalized spacial score (nSPS) is 19.6. The Morgan fingerprint density at radius 2 is 1.78 bits per heavy atom. The summed E-state index contributed by atoms with van der Waals surface area (Å²) in [5.74, 6) is 0.961. The van der Waals surface area contributed by atoms with Gasteiger partial charge in [-0.2, -0.15) is 5.10 Å². The van der Waals surface area contributed by atoms with E-state index in [-0.39, 0.29) is 18.3 Å². The minimum absolute atomic E-state index is 0.0549. The van der Waals surface area contributed by atoms with Crippen LogP contribution in [0.4, 0.5) is 11.5 Å². The summed E-state index contributed by atoms with van der Waals surface area (Å²) in [5.41, 5.74) is 3.54. The Hall–Kier alpha value is -2.87. The van der Waals surface area contributed by atoms with Crippen LogP contribution in [0.5, 0.6) is 0 Å². The minimum atomic E-state index is -0.250. The third-order valence-corrected chi connectivity index (χ3v) is 5.15. The monoisotopic (exact) mass is 371 g/mol. The van der Waals surface area contributed by atoms with Crippen molar-refractivity contribution >= 4 is 23.9 Å². The van der Waals surface area contributed by atoms with Crippen LogP contribution in [0.25, 0.3) is 0 Å². The number of carbonyl (C=O) groups is 2. The van der Waals surface area contributed by atoms with Gasteiger partial charge >= 0.3 is 0 Å². The lowest BCUT2D eigenvalue weighted by Crippen LogP contribution is -2.44. The molecule has 1 unspecified atom stereocenters. The second kappa shape index (κ2) is 8.22. The second-order valence-corrected chi connectivity index (χ2v) is 6.86. The maximum absolute atomic E-state index is 12.0. The molecule has 8 heteroatoms. The van der Waals surface area contributed by atoms with Gasteiger partial charge in [-0.25, -0.2) is 0 Å². The SMILES string of the molecule is CN1CCN(c2ccc(C3CC(=O)Nc4c3cnn4C)cc2)CC1.O=CO. The zero-order valence-electron chi connectivity index (χ0n) is 15.6. The van der Waals surface area contributed by atoms with Gasteiger partial charge in [0.1, 0.15) is 5.82 Å². The Labute approximate surface area is 158 Å². The van der Waals surface area contributed by atoms with E-state index in [0.717, 1.165) is 37.6 Å². The number of carbonyl (C=O) groups excluding carboxylic acids is 1. The third-order valence-electron chi connectivity index (χ3n) is 5.15. The number of rotatable bonds is 2. The van der Waals surface area contributed by atoms with Crippen LogP contribution in [0.15, 0.2) is 30.5 Å². The van der Waals surface area contributed by atoms with Crippen molar-refractivity contribution in [1.29, 1.82) is 0 Å². The maximum Gasteiger partial charge on any atom is 0.290 e. The van der Waals surface area contributed by atoms with E-state index in [9.17, 15) is 4.79 Å². The van der Waals surface area contributed by atoms with Crippen LogP contribution in [-0.2, 0) is 16.6 Å². The van der Waals surface area contributed by atoms with Crippen molar-refractivity contribution in [1.82, 2.24) is 14.7 Å². The van der Waals surface area contributed by atoms with Gasteiger partial charge in [0.2, 0.25) is 5.91 Å². The number of fused-ring (bicyclic) bond motifs is 1. The van der Waals surface area contributed by atoms with E-state index in [0.29, 0.717) is 6.42 Å². The fourth-order valence-electron chi connectivity index (χ4n) is 3.62. The summed E-state index contributed by atoms with van der Waals surface area (Å²) in [6.07, 6.45) is 2.35. The lowest BCUT2D eigenvalue weighted by Gasteiger charge is -2.34. The van der Waals surface area contributed by atoms with E-state index in [1.807, 2.05) is 13.2 Å². The second-order valence-electron chi connectivity index (χ2n) is 6.86. The van der Waals surface area contributed by atoms with Crippen molar-refractivity contribution in [2.75, 3.05) is 43.4 Å². The van der Waals surface area contributed by atoms with Gasteiger partial charge in [-0.05, 0) is 24.7 Å². The predicted molar refractivity (Wildman–Crippen MR) is 103 cm³/mol. The number of anilines is 2. The summed E-state index contributed by atoms with van der Waals surface area (Å²) in [6.45, 7) is 4.08. The molecule has 1 aromatic carbocycles. The molecular weight excluding hydrogens is 346 g/mol. The van der Waals surface area contributed by atoms with Gasteiger partial charge in [-0.15, -0.1) is 0 Å². The smallest absolute Gasteiger partial charge is 0.290 e. The van der Waals surface area contributed by atoms with Gasteiger partial charge in [0.25, 0.3) is 6.47 Å². The molecule has 144 valence electrons. The first-order valence-electron chi connectivity index (χ1n) is 8.96. The summed E-state index contributed by atoms with van der Waals surface area (Å²) in [6, 6.07) is 8.69. The lowest BCUT2D eigenvalue weighted by molar-refractivity contribution is -0.123. The number of nitrogens with one attached hydrogen (secondary N) is 1. The topological polar surface area (TPSA) is 90.7 Å². The van der Waals surface area contributed by atoms with Gasteiger partial charge in [-0.1, -0.05) is 12.1 Å². The molecule has 1 amide bonds. The number of likely N-dealkylation sites (N-methyl/N-ethyl adjacent to an activating group) is 1. The molecule has 1 saturated heterocycles. The molecule has 3 heterocycles. The number of hydrogen-bond acceptors (Lipinski definition) is 5. The summed E-state index contributed by atoms with van der Waals surface area (Å²) in [7, 11) is 4.03. The fourth-order valence-corrected chi connectivity index (χ4v) is 3.62. The molecule has 4 rings (SSSR count). The van der Waals surface area contributed by atoms with Gasteiger partial charge in [0, 0.05) is 56.8 Å². The van der Waals surface area contributed by atoms with E-state index in [4.69, 9.17) is 9.90 Å². The maximum atomic E-state index is 12.0. The van der Waals surface area contributed by atoms with Gasteiger partial charge in [0.15, 0.2) is 0 Å². The average Bonchev–Trinajstić information content (AvgIpc) is 3.03. The Morgan fingerprint density at radius 1 is 1.15 bits per heavy atom. The van der Waals surface area contributed by atoms with Crippen molar-refractivity contribution in [3.05, 3.63) is 41.6 Å². The minimum Gasteiger partial charge on any atom is -0.483 e. The number of aromatic nitrogens is 2. The molecule has 27 heavy (non-hydrogen) atoms. The molecule has 2 aliphatic heterocycles. The van der Waals surface area contributed by atoms with Crippen LogP contribution in [0.2, 0.25) is 0 Å². The number of benzene rings is 1. The molecule has 0 aliphatic carbocycles. The first-order valence-corrected chi connectivity index (χ1v) is 8.96. The third kappa shape index (κ3) is 4.11. The van der Waals surface area contributed by atoms with Gasteiger partial charge in [0.05, 0.1) is 6.20 Å². The highest BCUT2D eigenvalue weighted by molar-refractivity contribution is 5.94. The first kappa shape index (κ1) is 18.9. The largest absolute Gasteiger partial charge is 0.483 e.